The van der Waals surface area contributed by atoms with Crippen molar-refractivity contribution in [2.75, 3.05) is 14.2 Å². The van der Waals surface area contributed by atoms with Gasteiger partial charge in [-0.25, -0.2) is 4.79 Å². The summed E-state index contributed by atoms with van der Waals surface area (Å²) >= 11 is 0. The van der Waals surface area contributed by atoms with Crippen LogP contribution in [0.5, 0.6) is 0 Å². The first-order valence-electron chi connectivity index (χ1n) is 2.79. The van der Waals surface area contributed by atoms with Gasteiger partial charge in [0.1, 0.15) is 6.42 Å². The molecule has 0 aliphatic heterocycles. The molecule has 0 aliphatic carbocycles. The average molecular weight is 184 g/mol. The van der Waals surface area contributed by atoms with Crippen molar-refractivity contribution in [2.45, 2.75) is 6.42 Å². The zero-order valence-corrected chi connectivity index (χ0v) is 9.25. The molecule has 12 heavy (non-hydrogen) atoms. The molecule has 0 aromatic carbocycles. The zero-order chi connectivity index (χ0) is 8.85. The summed E-state index contributed by atoms with van der Waals surface area (Å²) in [5, 5.41) is 0. The Morgan fingerprint density at radius 2 is 1.67 bits per heavy atom. The van der Waals surface area contributed by atoms with Crippen molar-refractivity contribution in [1.82, 2.24) is 0 Å². The van der Waals surface area contributed by atoms with Crippen LogP contribution in [0, 0.1) is 0 Å². The molecule has 0 N–H and O–H groups in total. The molecule has 0 radical (unpaired) electrons. The van der Waals surface area contributed by atoms with E-state index in [0.29, 0.717) is 0 Å². The van der Waals surface area contributed by atoms with E-state index in [2.05, 4.69) is 9.47 Å². The van der Waals surface area contributed by atoms with Crippen molar-refractivity contribution in [3.63, 3.8) is 0 Å². The quantitative estimate of drug-likeness (QED) is 0.196. The van der Waals surface area contributed by atoms with Gasteiger partial charge in [0.25, 0.3) is 5.78 Å². The normalized spacial score (nSPS) is 7.83. The number of methoxy groups -OCH3 is 2. The number of hydrogen-bond donors (Lipinski definition) is 0. The van der Waals surface area contributed by atoms with Crippen LogP contribution in [0.25, 0.3) is 0 Å². The maximum Gasteiger partial charge on any atom is 1.00 e. The number of ether oxygens (including phenoxy) is 2. The van der Waals surface area contributed by atoms with Gasteiger partial charge in [-0.2, -0.15) is 0 Å². The smallest absolute Gasteiger partial charge is 1.00 e. The van der Waals surface area contributed by atoms with Crippen molar-refractivity contribution in [2.24, 2.45) is 0 Å². The van der Waals surface area contributed by atoms with Gasteiger partial charge in [-0.1, -0.05) is 0 Å². The second-order valence-corrected chi connectivity index (χ2v) is 1.67. The fourth-order valence-electron chi connectivity index (χ4n) is 0.389. The van der Waals surface area contributed by atoms with Crippen LogP contribution in [0.2, 0.25) is 0 Å². The maximum atomic E-state index is 10.6. The van der Waals surface area contributed by atoms with E-state index in [-0.39, 0.29) is 31.0 Å². The van der Waals surface area contributed by atoms with Crippen molar-refractivity contribution >= 4 is 17.7 Å². The number of esters is 2. The molecule has 5 nitrogen and oxygen atoms in total. The van der Waals surface area contributed by atoms with E-state index >= 15 is 0 Å². The van der Waals surface area contributed by atoms with Gasteiger partial charge in [0.15, 0.2) is 0 Å². The first-order chi connectivity index (χ1) is 5.11. The van der Waals surface area contributed by atoms with E-state index in [4.69, 9.17) is 0 Å². The van der Waals surface area contributed by atoms with Crippen LogP contribution < -0.4 is 29.6 Å². The van der Waals surface area contributed by atoms with Crippen molar-refractivity contribution in [3.05, 3.63) is 0 Å². The summed E-state index contributed by atoms with van der Waals surface area (Å²) in [6.45, 7) is 0. The van der Waals surface area contributed by atoms with Crippen LogP contribution in [-0.4, -0.2) is 31.9 Å². The van der Waals surface area contributed by atoms with Gasteiger partial charge >= 0.3 is 41.5 Å². The number of rotatable bonds is 3. The molecule has 0 saturated heterocycles. The van der Waals surface area contributed by atoms with Crippen LogP contribution in [0.15, 0.2) is 0 Å². The number of hydrogen-bond acceptors (Lipinski definition) is 5. The van der Waals surface area contributed by atoms with E-state index in [1.165, 1.54) is 0 Å². The molecule has 0 saturated carbocycles. The predicted molar refractivity (Wildman–Crippen MR) is 34.8 cm³/mol. The van der Waals surface area contributed by atoms with Crippen LogP contribution in [-0.2, 0) is 23.9 Å². The summed E-state index contributed by atoms with van der Waals surface area (Å²) in [6.07, 6.45) is -0.566. The summed E-state index contributed by atoms with van der Waals surface area (Å²) in [5.74, 6) is -2.69. The van der Waals surface area contributed by atoms with E-state index in [9.17, 15) is 14.4 Å². The molecule has 0 amide bonds. The molecule has 0 spiro atoms. The predicted octanol–water partition coefficient (Wildman–Crippen LogP) is -3.59. The Balaban J connectivity index is -0.000000500. The maximum absolute atomic E-state index is 10.6. The second kappa shape index (κ2) is 7.27. The molecule has 0 unspecified atom stereocenters. The first-order valence-corrected chi connectivity index (χ1v) is 2.79. The molecule has 0 aromatic heterocycles. The summed E-state index contributed by atoms with van der Waals surface area (Å²) in [6, 6.07) is 0. The van der Waals surface area contributed by atoms with E-state index in [0.717, 1.165) is 14.2 Å². The molecule has 0 rings (SSSR count). The Hall–Kier alpha value is -0.390. The van der Waals surface area contributed by atoms with Crippen LogP contribution >= 0.6 is 0 Å². The van der Waals surface area contributed by atoms with Gasteiger partial charge in [-0.15, -0.1) is 0 Å². The van der Waals surface area contributed by atoms with Crippen LogP contribution in [0.1, 0.15) is 7.85 Å². The Morgan fingerprint density at radius 1 is 1.17 bits per heavy atom. The largest absolute Gasteiger partial charge is 1.00 e. The molecular formula is C6H9NaO5. The van der Waals surface area contributed by atoms with Gasteiger partial charge in [-0.3, -0.25) is 9.59 Å². The minimum absolute atomic E-state index is 0. The molecule has 0 atom stereocenters. The monoisotopic (exact) mass is 184 g/mol. The summed E-state index contributed by atoms with van der Waals surface area (Å²) in [4.78, 5) is 31.3. The van der Waals surface area contributed by atoms with E-state index < -0.39 is 24.1 Å². The number of carbonyl (C=O) groups excluding carboxylic acids is 3. The topological polar surface area (TPSA) is 69.7 Å². The fraction of sp³-hybridized carbons (Fsp3) is 0.500. The molecule has 0 fully saturated rings. The molecular weight excluding hydrogens is 175 g/mol. The molecule has 0 aromatic rings. The van der Waals surface area contributed by atoms with Crippen molar-refractivity contribution in [3.8, 4) is 0 Å². The minimum Gasteiger partial charge on any atom is -1.00 e. The van der Waals surface area contributed by atoms with Crippen LogP contribution in [0.3, 0.4) is 0 Å². The van der Waals surface area contributed by atoms with Gasteiger partial charge < -0.3 is 10.9 Å². The fourth-order valence-corrected chi connectivity index (χ4v) is 0.389. The third kappa shape index (κ3) is 5.29. The van der Waals surface area contributed by atoms with E-state index in [1.54, 1.807) is 0 Å². The van der Waals surface area contributed by atoms with Crippen molar-refractivity contribution in [1.29, 1.82) is 0 Å². The van der Waals surface area contributed by atoms with Gasteiger partial charge in [-0.05, 0) is 0 Å². The van der Waals surface area contributed by atoms with E-state index in [1.807, 2.05) is 0 Å². The Morgan fingerprint density at radius 3 is 2.00 bits per heavy atom. The molecule has 64 valence electrons. The first kappa shape index (κ1) is 14.2. The van der Waals surface area contributed by atoms with Crippen LogP contribution in [0.4, 0.5) is 0 Å². The SMILES string of the molecule is COC(=O)CC(=O)C(=O)OC.[H-].[Na+]. The molecule has 0 bridgehead atoms. The third-order valence-corrected chi connectivity index (χ3v) is 0.946. The second-order valence-electron chi connectivity index (χ2n) is 1.67. The molecule has 0 heterocycles. The standard InChI is InChI=1S/C6H8O5.Na.H/c1-10-5(8)3-4(7)6(9)11-2;;/h3H2,1-2H3;;/q;+1;-1. The minimum atomic E-state index is -1.03. The zero-order valence-electron chi connectivity index (χ0n) is 8.25. The molecule has 0 aliphatic rings. The Kier molecular flexibility index (Phi) is 8.57. The summed E-state index contributed by atoms with van der Waals surface area (Å²) in [5.41, 5.74) is 0. The molecule has 6 heteroatoms. The average Bonchev–Trinajstić information content (AvgIpc) is 2.02. The Bertz CT molecular complexity index is 193. The number of Topliss-reactive ketones (excluding diaryl/α,β-unsaturated/α-hetero) is 1. The van der Waals surface area contributed by atoms with Crippen molar-refractivity contribution < 1.29 is 54.8 Å². The van der Waals surface area contributed by atoms with Gasteiger partial charge in [0.2, 0.25) is 0 Å². The van der Waals surface area contributed by atoms with Gasteiger partial charge in [0.05, 0.1) is 14.2 Å². The van der Waals surface area contributed by atoms with Gasteiger partial charge in [0, 0.05) is 0 Å². The summed E-state index contributed by atoms with van der Waals surface area (Å²) < 4.78 is 8.21. The Labute approximate surface area is 93.2 Å². The summed E-state index contributed by atoms with van der Waals surface area (Å²) in [7, 11) is 2.20. The number of ketones is 1. The number of carbonyl (C=O) groups is 3. The third-order valence-electron chi connectivity index (χ3n) is 0.946.